The minimum absolute atomic E-state index is 0.291. The maximum absolute atomic E-state index is 8.29. The van der Waals surface area contributed by atoms with Crippen LogP contribution in [0, 0.1) is 17.8 Å². The number of azide groups is 1. The van der Waals surface area contributed by atoms with Crippen LogP contribution in [0.5, 0.6) is 0 Å². The molecule has 22 heavy (non-hydrogen) atoms. The van der Waals surface area contributed by atoms with Gasteiger partial charge in [-0.15, -0.1) is 0 Å². The summed E-state index contributed by atoms with van der Waals surface area (Å²) in [6, 6.07) is 0. The fourth-order valence-electron chi connectivity index (χ4n) is 3.20. The molecule has 0 aromatic carbocycles. The van der Waals surface area contributed by atoms with Gasteiger partial charge in [0.25, 0.3) is 0 Å². The van der Waals surface area contributed by atoms with Crippen molar-refractivity contribution in [2.75, 3.05) is 19.8 Å². The molecule has 0 aromatic heterocycles. The summed E-state index contributed by atoms with van der Waals surface area (Å²) in [6.45, 7) is 7.79. The van der Waals surface area contributed by atoms with Crippen LogP contribution in [0.3, 0.4) is 0 Å². The van der Waals surface area contributed by atoms with E-state index in [1.165, 1.54) is 12.8 Å². The van der Waals surface area contributed by atoms with E-state index in [1.807, 2.05) is 26.8 Å². The highest BCUT2D eigenvalue weighted by atomic mass is 16.5. The van der Waals surface area contributed by atoms with Crippen LogP contribution in [0.15, 0.2) is 29.1 Å². The normalized spacial score (nSPS) is 27.0. The zero-order valence-corrected chi connectivity index (χ0v) is 13.9. The molecule has 3 unspecified atom stereocenters. The average Bonchev–Trinajstić information content (AvgIpc) is 3.07. The van der Waals surface area contributed by atoms with E-state index in [4.69, 9.17) is 15.0 Å². The van der Waals surface area contributed by atoms with Gasteiger partial charge >= 0.3 is 0 Å². The molecule has 0 radical (unpaired) electrons. The maximum atomic E-state index is 8.29. The molecule has 0 saturated heterocycles. The minimum atomic E-state index is -0.291. The number of ether oxygens (including phenoxy) is 2. The number of nitrogens with zero attached hydrogens (tertiary/aromatic N) is 3. The predicted octanol–water partition coefficient (Wildman–Crippen LogP) is 4.61. The summed E-state index contributed by atoms with van der Waals surface area (Å²) in [5.74, 6) is 3.13. The first-order chi connectivity index (χ1) is 10.5. The first-order valence-corrected chi connectivity index (χ1v) is 8.13. The Morgan fingerprint density at radius 2 is 2.23 bits per heavy atom. The van der Waals surface area contributed by atoms with Crippen molar-refractivity contribution in [1.29, 1.82) is 0 Å². The van der Waals surface area contributed by atoms with Gasteiger partial charge in [0.05, 0.1) is 24.6 Å². The van der Waals surface area contributed by atoms with Gasteiger partial charge in [-0.25, -0.2) is 0 Å². The monoisotopic (exact) mass is 305 g/mol. The Hall–Kier alpha value is -1.45. The van der Waals surface area contributed by atoms with Crippen molar-refractivity contribution >= 4 is 0 Å². The van der Waals surface area contributed by atoms with Gasteiger partial charge in [0.15, 0.2) is 0 Å². The van der Waals surface area contributed by atoms with Crippen LogP contribution in [0.25, 0.3) is 10.4 Å². The van der Waals surface area contributed by atoms with Gasteiger partial charge in [0.2, 0.25) is 0 Å². The number of allylic oxidation sites excluding steroid dienone is 3. The Balaban J connectivity index is 1.64. The van der Waals surface area contributed by atoms with Crippen LogP contribution in [0.1, 0.15) is 40.0 Å². The molecule has 0 spiro atoms. The highest BCUT2D eigenvalue weighted by Gasteiger charge is 2.35. The molecule has 3 atom stereocenters. The highest BCUT2D eigenvalue weighted by molar-refractivity contribution is 5.10. The molecular weight excluding hydrogens is 278 g/mol. The fraction of sp³-hybridized carbons (Fsp3) is 0.765. The fourth-order valence-corrected chi connectivity index (χ4v) is 3.20. The SMILES string of the molecule is C/C(=C\COC(C)(C)CCN=[N+]=[N-])OCC1CC2C=CC1C2. The van der Waals surface area contributed by atoms with Gasteiger partial charge in [-0.2, -0.15) is 0 Å². The summed E-state index contributed by atoms with van der Waals surface area (Å²) in [4.78, 5) is 2.76. The van der Waals surface area contributed by atoms with Crippen LogP contribution < -0.4 is 0 Å². The maximum Gasteiger partial charge on any atom is 0.0912 e. The first kappa shape index (κ1) is 16.9. The van der Waals surface area contributed by atoms with E-state index >= 15 is 0 Å². The molecule has 2 aliphatic carbocycles. The summed E-state index contributed by atoms with van der Waals surface area (Å²) >= 11 is 0. The van der Waals surface area contributed by atoms with Crippen LogP contribution in [-0.4, -0.2) is 25.4 Å². The quantitative estimate of drug-likeness (QED) is 0.205. The van der Waals surface area contributed by atoms with Gasteiger partial charge in [0, 0.05) is 11.5 Å². The largest absolute Gasteiger partial charge is 0.498 e. The Morgan fingerprint density at radius 3 is 2.86 bits per heavy atom. The third kappa shape index (κ3) is 5.08. The second-order valence-electron chi connectivity index (χ2n) is 6.94. The Morgan fingerprint density at radius 1 is 1.41 bits per heavy atom. The zero-order valence-electron chi connectivity index (χ0n) is 13.9. The predicted molar refractivity (Wildman–Crippen MR) is 87.2 cm³/mol. The molecule has 0 aromatic rings. The van der Waals surface area contributed by atoms with Crippen molar-refractivity contribution in [3.8, 4) is 0 Å². The van der Waals surface area contributed by atoms with E-state index in [2.05, 4.69) is 22.2 Å². The van der Waals surface area contributed by atoms with E-state index in [0.29, 0.717) is 25.5 Å². The molecule has 0 heterocycles. The van der Waals surface area contributed by atoms with Crippen LogP contribution in [0.4, 0.5) is 0 Å². The van der Waals surface area contributed by atoms with Crippen molar-refractivity contribution in [3.05, 3.63) is 34.4 Å². The average molecular weight is 305 g/mol. The molecule has 5 heteroatoms. The molecular formula is C17H27N3O2. The van der Waals surface area contributed by atoms with Crippen LogP contribution in [0.2, 0.25) is 0 Å². The molecule has 2 aliphatic rings. The van der Waals surface area contributed by atoms with Gasteiger partial charge in [-0.3, -0.25) is 0 Å². The summed E-state index contributed by atoms with van der Waals surface area (Å²) in [7, 11) is 0. The summed E-state index contributed by atoms with van der Waals surface area (Å²) in [5.41, 5.74) is 8.00. The van der Waals surface area contributed by atoms with Crippen molar-refractivity contribution in [2.45, 2.75) is 45.6 Å². The Kier molecular flexibility index (Phi) is 5.92. The van der Waals surface area contributed by atoms with E-state index in [1.54, 1.807) is 0 Å². The van der Waals surface area contributed by atoms with Gasteiger partial charge < -0.3 is 9.47 Å². The summed E-state index contributed by atoms with van der Waals surface area (Å²) in [6.07, 6.45) is 10.0. The third-order valence-corrected chi connectivity index (χ3v) is 4.66. The molecule has 122 valence electrons. The van der Waals surface area contributed by atoms with E-state index in [-0.39, 0.29) is 5.60 Å². The Labute approximate surface area is 133 Å². The lowest BCUT2D eigenvalue weighted by atomic mass is 9.95. The van der Waals surface area contributed by atoms with Crippen molar-refractivity contribution in [3.63, 3.8) is 0 Å². The lowest BCUT2D eigenvalue weighted by Gasteiger charge is -2.24. The molecule has 0 N–H and O–H groups in total. The molecule has 5 nitrogen and oxygen atoms in total. The van der Waals surface area contributed by atoms with E-state index in [9.17, 15) is 0 Å². The topological polar surface area (TPSA) is 67.2 Å². The van der Waals surface area contributed by atoms with Gasteiger partial charge in [-0.05, 0) is 69.4 Å². The van der Waals surface area contributed by atoms with Crippen molar-refractivity contribution in [1.82, 2.24) is 0 Å². The Bertz CT molecular complexity index is 478. The molecule has 1 saturated carbocycles. The lowest BCUT2D eigenvalue weighted by Crippen LogP contribution is -2.25. The van der Waals surface area contributed by atoms with Crippen LogP contribution >= 0.6 is 0 Å². The van der Waals surface area contributed by atoms with E-state index in [0.717, 1.165) is 24.2 Å². The molecule has 2 rings (SSSR count). The van der Waals surface area contributed by atoms with Crippen LogP contribution in [-0.2, 0) is 9.47 Å². The summed E-state index contributed by atoms with van der Waals surface area (Å²) in [5, 5.41) is 3.55. The first-order valence-electron chi connectivity index (χ1n) is 8.13. The molecule has 0 aliphatic heterocycles. The highest BCUT2D eigenvalue weighted by Crippen LogP contribution is 2.43. The van der Waals surface area contributed by atoms with Gasteiger partial charge in [0.1, 0.15) is 0 Å². The number of rotatable bonds is 9. The van der Waals surface area contributed by atoms with Crippen molar-refractivity contribution in [2.24, 2.45) is 22.9 Å². The molecule has 1 fully saturated rings. The second-order valence-corrected chi connectivity index (χ2v) is 6.94. The third-order valence-electron chi connectivity index (χ3n) is 4.66. The number of hydrogen-bond acceptors (Lipinski definition) is 3. The second kappa shape index (κ2) is 7.70. The molecule has 0 amide bonds. The number of fused-ring (bicyclic) bond motifs is 2. The lowest BCUT2D eigenvalue weighted by molar-refractivity contribution is -0.00664. The zero-order chi connectivity index (χ0) is 16.0. The number of hydrogen-bond donors (Lipinski definition) is 0. The molecule has 2 bridgehead atoms. The minimum Gasteiger partial charge on any atom is -0.498 e. The van der Waals surface area contributed by atoms with E-state index < -0.39 is 0 Å². The standard InChI is InChI=1S/C17H27N3O2/c1-13(6-9-22-17(2,3)7-8-19-20-18)21-12-16-11-14-4-5-15(16)10-14/h4-6,14-16H,7-12H2,1-3H3/b13-6+. The summed E-state index contributed by atoms with van der Waals surface area (Å²) < 4.78 is 11.7. The van der Waals surface area contributed by atoms with Gasteiger partial charge in [-0.1, -0.05) is 17.3 Å². The van der Waals surface area contributed by atoms with Crippen molar-refractivity contribution < 1.29 is 9.47 Å². The smallest absolute Gasteiger partial charge is 0.0912 e.